The third-order valence-electron chi connectivity index (χ3n) is 6.81. The van der Waals surface area contributed by atoms with Crippen LogP contribution in [0.5, 0.6) is 0 Å². The Labute approximate surface area is 177 Å². The van der Waals surface area contributed by atoms with Crippen molar-refractivity contribution in [1.29, 1.82) is 0 Å². The Morgan fingerprint density at radius 3 is 2.30 bits per heavy atom. The van der Waals surface area contributed by atoms with Crippen molar-refractivity contribution < 1.29 is 22.3 Å². The minimum absolute atomic E-state index is 0.0857. The second-order valence-corrected chi connectivity index (χ2v) is 10.8. The van der Waals surface area contributed by atoms with Gasteiger partial charge in [-0.1, -0.05) is 0 Å². The van der Waals surface area contributed by atoms with Crippen molar-refractivity contribution in [3.63, 3.8) is 0 Å². The van der Waals surface area contributed by atoms with Gasteiger partial charge < -0.3 is 9.64 Å². The highest BCUT2D eigenvalue weighted by Crippen LogP contribution is 2.44. The van der Waals surface area contributed by atoms with Crippen molar-refractivity contribution in [2.75, 3.05) is 57.0 Å². The molecule has 1 atom stereocenters. The van der Waals surface area contributed by atoms with Crippen LogP contribution in [-0.2, 0) is 19.6 Å². The van der Waals surface area contributed by atoms with Gasteiger partial charge in [-0.3, -0.25) is 9.69 Å². The van der Waals surface area contributed by atoms with Gasteiger partial charge in [0.15, 0.2) is 0 Å². The summed E-state index contributed by atoms with van der Waals surface area (Å²) < 4.78 is 43.7. The van der Waals surface area contributed by atoms with Crippen molar-refractivity contribution in [3.8, 4) is 0 Å². The maximum absolute atomic E-state index is 13.1. The second-order valence-electron chi connectivity index (χ2n) is 8.77. The zero-order valence-electron chi connectivity index (χ0n) is 17.4. The molecule has 166 valence electrons. The number of carbonyl (C=O) groups excluding carboxylic acids is 1. The van der Waals surface area contributed by atoms with E-state index in [0.29, 0.717) is 32.4 Å². The molecule has 3 saturated heterocycles. The summed E-state index contributed by atoms with van der Waals surface area (Å²) in [6.45, 7) is 5.29. The number of rotatable bonds is 5. The van der Waals surface area contributed by atoms with Crippen LogP contribution in [0.1, 0.15) is 25.7 Å². The van der Waals surface area contributed by atoms with Crippen molar-refractivity contribution in [2.24, 2.45) is 5.41 Å². The minimum atomic E-state index is -3.20. The summed E-state index contributed by atoms with van der Waals surface area (Å²) in [6, 6.07) is 6.62. The molecule has 1 spiro atoms. The largest absolute Gasteiger partial charge is 0.462 e. The van der Waals surface area contributed by atoms with Crippen LogP contribution in [0, 0.1) is 11.2 Å². The zero-order chi connectivity index (χ0) is 21.4. The first kappa shape index (κ1) is 21.5. The number of cyclic esters (lactones) is 1. The number of piperazine rings is 1. The molecule has 0 N–H and O–H groups in total. The molecule has 0 amide bonds. The van der Waals surface area contributed by atoms with Gasteiger partial charge in [-0.15, -0.1) is 0 Å². The Hall–Kier alpha value is -1.71. The molecule has 1 unspecified atom stereocenters. The summed E-state index contributed by atoms with van der Waals surface area (Å²) in [7, 11) is -3.20. The summed E-state index contributed by atoms with van der Waals surface area (Å²) >= 11 is 0. The van der Waals surface area contributed by atoms with E-state index in [0.717, 1.165) is 44.8 Å². The summed E-state index contributed by atoms with van der Waals surface area (Å²) in [5, 5.41) is 0. The first-order chi connectivity index (χ1) is 14.2. The lowest BCUT2D eigenvalue weighted by atomic mass is 9.76. The normalized spacial score (nSPS) is 25.6. The van der Waals surface area contributed by atoms with Gasteiger partial charge in [0.1, 0.15) is 11.9 Å². The van der Waals surface area contributed by atoms with Crippen LogP contribution in [0.4, 0.5) is 10.1 Å². The van der Waals surface area contributed by atoms with Gasteiger partial charge >= 0.3 is 5.97 Å². The topological polar surface area (TPSA) is 70.2 Å². The van der Waals surface area contributed by atoms with Crippen molar-refractivity contribution in [3.05, 3.63) is 30.1 Å². The van der Waals surface area contributed by atoms with Gasteiger partial charge in [-0.05, 0) is 43.5 Å². The van der Waals surface area contributed by atoms with E-state index in [9.17, 15) is 17.6 Å². The fraction of sp³-hybridized carbons (Fsp3) is 0.667. The monoisotopic (exact) mass is 439 g/mol. The summed E-state index contributed by atoms with van der Waals surface area (Å²) in [5.74, 6) is -0.370. The number of ether oxygens (including phenoxy) is 1. The molecular formula is C21H30FN3O4S. The number of hydrogen-bond donors (Lipinski definition) is 0. The molecule has 1 aromatic rings. The summed E-state index contributed by atoms with van der Waals surface area (Å²) in [6.07, 6.45) is 3.73. The molecule has 0 radical (unpaired) electrons. The molecule has 3 aliphatic rings. The number of nitrogens with zero attached hydrogens (tertiary/aromatic N) is 3. The number of esters is 1. The molecule has 0 aromatic heterocycles. The molecule has 0 saturated carbocycles. The van der Waals surface area contributed by atoms with Gasteiger partial charge in [-0.25, -0.2) is 17.1 Å². The van der Waals surface area contributed by atoms with E-state index >= 15 is 0 Å². The van der Waals surface area contributed by atoms with Crippen molar-refractivity contribution in [1.82, 2.24) is 9.21 Å². The van der Waals surface area contributed by atoms with E-state index in [-0.39, 0.29) is 17.9 Å². The average molecular weight is 440 g/mol. The van der Waals surface area contributed by atoms with Crippen LogP contribution < -0.4 is 4.90 Å². The number of benzene rings is 1. The zero-order valence-corrected chi connectivity index (χ0v) is 18.2. The molecule has 0 bridgehead atoms. The first-order valence-electron chi connectivity index (χ1n) is 10.6. The third-order valence-corrected chi connectivity index (χ3v) is 8.11. The lowest BCUT2D eigenvalue weighted by Gasteiger charge is -2.36. The fourth-order valence-electron chi connectivity index (χ4n) is 4.86. The number of carbonyl (C=O) groups is 1. The summed E-state index contributed by atoms with van der Waals surface area (Å²) in [5.41, 5.74) is 0.538. The first-order valence-corrected chi connectivity index (χ1v) is 12.5. The highest BCUT2D eigenvalue weighted by Gasteiger charge is 2.51. The predicted octanol–water partition coefficient (Wildman–Crippen LogP) is 1.70. The highest BCUT2D eigenvalue weighted by molar-refractivity contribution is 7.88. The molecule has 3 aliphatic heterocycles. The fourth-order valence-corrected chi connectivity index (χ4v) is 5.71. The smallest absolute Gasteiger partial charge is 0.312 e. The van der Waals surface area contributed by atoms with Crippen molar-refractivity contribution >= 4 is 21.7 Å². The molecule has 7 nitrogen and oxygen atoms in total. The third kappa shape index (κ3) is 4.63. The Morgan fingerprint density at radius 2 is 1.70 bits per heavy atom. The number of hydrogen-bond acceptors (Lipinski definition) is 6. The van der Waals surface area contributed by atoms with Gasteiger partial charge in [-0.2, -0.15) is 0 Å². The minimum Gasteiger partial charge on any atom is -0.462 e. The molecule has 0 aliphatic carbocycles. The van der Waals surface area contributed by atoms with Crippen LogP contribution in [-0.4, -0.2) is 81.8 Å². The van der Waals surface area contributed by atoms with Crippen LogP contribution in [0.3, 0.4) is 0 Å². The molecule has 4 rings (SSSR count). The SMILES string of the molecule is CS(=O)(=O)N1CCC2(CC1)CC(CCN1CCN(c3ccc(F)cc3)CC1)OC2=O. The predicted molar refractivity (Wildman–Crippen MR) is 112 cm³/mol. The van der Waals surface area contributed by atoms with Gasteiger partial charge in [0.2, 0.25) is 10.0 Å². The van der Waals surface area contributed by atoms with E-state index in [1.807, 2.05) is 12.1 Å². The number of anilines is 1. The Morgan fingerprint density at radius 1 is 1.07 bits per heavy atom. The Bertz CT molecular complexity index is 861. The highest BCUT2D eigenvalue weighted by atomic mass is 32.2. The molecular weight excluding hydrogens is 409 g/mol. The molecule has 30 heavy (non-hydrogen) atoms. The van der Waals surface area contributed by atoms with E-state index in [1.165, 1.54) is 22.7 Å². The van der Waals surface area contributed by atoms with Gasteiger partial charge in [0.25, 0.3) is 0 Å². The quantitative estimate of drug-likeness (QED) is 0.651. The van der Waals surface area contributed by atoms with Crippen molar-refractivity contribution in [2.45, 2.75) is 31.8 Å². The van der Waals surface area contributed by atoms with Crippen LogP contribution >= 0.6 is 0 Å². The summed E-state index contributed by atoms with van der Waals surface area (Å²) in [4.78, 5) is 17.2. The molecule has 3 fully saturated rings. The van der Waals surface area contributed by atoms with Gasteiger partial charge in [0, 0.05) is 57.9 Å². The Balaban J connectivity index is 1.23. The number of piperidine rings is 1. The standard InChI is InChI=1S/C21H30FN3O4S/c1-30(27,28)25-10-7-21(8-11-25)16-19(29-20(21)26)6-9-23-12-14-24(15-13-23)18-4-2-17(22)3-5-18/h2-5,19H,6-16H2,1H3. The molecule has 1 aromatic carbocycles. The average Bonchev–Trinajstić information content (AvgIpc) is 3.02. The molecule has 9 heteroatoms. The lowest BCUT2D eigenvalue weighted by Crippen LogP contribution is -2.47. The number of sulfonamides is 1. The van der Waals surface area contributed by atoms with E-state index in [4.69, 9.17) is 4.74 Å². The van der Waals surface area contributed by atoms with E-state index in [2.05, 4.69) is 9.80 Å². The number of halogens is 1. The van der Waals surface area contributed by atoms with Gasteiger partial charge in [0.05, 0.1) is 11.7 Å². The van der Waals surface area contributed by atoms with Crippen LogP contribution in [0.2, 0.25) is 0 Å². The second kappa shape index (κ2) is 8.43. The maximum atomic E-state index is 13.1. The Kier molecular flexibility index (Phi) is 6.05. The van der Waals surface area contributed by atoms with Crippen LogP contribution in [0.25, 0.3) is 0 Å². The van der Waals surface area contributed by atoms with Crippen LogP contribution in [0.15, 0.2) is 24.3 Å². The lowest BCUT2D eigenvalue weighted by molar-refractivity contribution is -0.150. The molecule has 3 heterocycles. The maximum Gasteiger partial charge on any atom is 0.312 e. The van der Waals surface area contributed by atoms with E-state index in [1.54, 1.807) is 0 Å². The van der Waals surface area contributed by atoms with E-state index < -0.39 is 15.4 Å².